The smallest absolute Gasteiger partial charge is 0.262 e. The van der Waals surface area contributed by atoms with Gasteiger partial charge in [0.1, 0.15) is 4.90 Å². The summed E-state index contributed by atoms with van der Waals surface area (Å²) in [4.78, 5) is 13.4. The van der Waals surface area contributed by atoms with E-state index in [1.54, 1.807) is 11.9 Å². The second-order valence-electron chi connectivity index (χ2n) is 4.84. The van der Waals surface area contributed by atoms with Crippen LogP contribution < -0.4 is 0 Å². The minimum absolute atomic E-state index is 0.0171. The summed E-state index contributed by atoms with van der Waals surface area (Å²) in [6.45, 7) is 0.641. The number of carbonyl (C=O) groups excluding carboxylic acids is 1. The van der Waals surface area contributed by atoms with E-state index >= 15 is 0 Å². The molecule has 0 aliphatic heterocycles. The highest BCUT2D eigenvalue weighted by Crippen LogP contribution is 2.34. The molecule has 1 saturated carbocycles. The molecule has 1 fully saturated rings. The van der Waals surface area contributed by atoms with Crippen molar-refractivity contribution in [2.75, 3.05) is 13.6 Å². The van der Waals surface area contributed by atoms with Crippen molar-refractivity contribution >= 4 is 48.8 Å². The van der Waals surface area contributed by atoms with Crippen LogP contribution in [-0.2, 0) is 9.05 Å². The minimum atomic E-state index is -4.06. The van der Waals surface area contributed by atoms with Gasteiger partial charge in [0.05, 0.1) is 10.0 Å². The summed E-state index contributed by atoms with van der Waals surface area (Å²) in [5, 5.41) is -0.195. The van der Waals surface area contributed by atoms with Crippen molar-refractivity contribution in [1.82, 2.24) is 4.90 Å². The number of carbonyl (C=O) groups is 1. The van der Waals surface area contributed by atoms with Crippen LogP contribution in [0.15, 0.2) is 17.0 Å². The molecule has 1 aliphatic carbocycles. The van der Waals surface area contributed by atoms with Gasteiger partial charge >= 0.3 is 0 Å². The minimum Gasteiger partial charge on any atom is -0.341 e. The molecule has 4 nitrogen and oxygen atoms in total. The Kier molecular flexibility index (Phi) is 4.54. The van der Waals surface area contributed by atoms with Gasteiger partial charge in [0, 0.05) is 29.8 Å². The highest BCUT2D eigenvalue weighted by Gasteiger charge is 2.27. The summed E-state index contributed by atoms with van der Waals surface area (Å²) < 4.78 is 22.9. The van der Waals surface area contributed by atoms with Crippen LogP contribution in [0, 0.1) is 5.92 Å². The van der Waals surface area contributed by atoms with E-state index in [9.17, 15) is 13.2 Å². The molecule has 0 aromatic heterocycles. The van der Waals surface area contributed by atoms with Crippen LogP contribution in [0.3, 0.4) is 0 Å². The molecule has 20 heavy (non-hydrogen) atoms. The van der Waals surface area contributed by atoms with Crippen molar-refractivity contribution in [3.05, 3.63) is 27.7 Å². The molecule has 0 N–H and O–H groups in total. The van der Waals surface area contributed by atoms with E-state index in [4.69, 9.17) is 33.9 Å². The van der Waals surface area contributed by atoms with Crippen molar-refractivity contribution in [3.63, 3.8) is 0 Å². The zero-order valence-electron chi connectivity index (χ0n) is 10.6. The predicted octanol–water partition coefficient (Wildman–Crippen LogP) is 3.40. The summed E-state index contributed by atoms with van der Waals surface area (Å²) in [5.41, 5.74) is 0.154. The fourth-order valence-electron chi connectivity index (χ4n) is 1.86. The van der Waals surface area contributed by atoms with Crippen molar-refractivity contribution in [2.45, 2.75) is 17.7 Å². The molecule has 8 heteroatoms. The van der Waals surface area contributed by atoms with Gasteiger partial charge in [-0.05, 0) is 30.9 Å². The third-order valence-electron chi connectivity index (χ3n) is 3.08. The first-order chi connectivity index (χ1) is 9.20. The Hall–Kier alpha value is -0.490. The number of hydrogen-bond acceptors (Lipinski definition) is 3. The van der Waals surface area contributed by atoms with Crippen LogP contribution in [0.25, 0.3) is 0 Å². The van der Waals surface area contributed by atoms with Gasteiger partial charge in [-0.1, -0.05) is 23.2 Å². The molecule has 1 amide bonds. The quantitative estimate of drug-likeness (QED) is 0.777. The lowest BCUT2D eigenvalue weighted by Gasteiger charge is -2.17. The van der Waals surface area contributed by atoms with Gasteiger partial charge in [-0.25, -0.2) is 8.42 Å². The molecule has 0 atom stereocenters. The number of nitrogens with zero attached hydrogens (tertiary/aromatic N) is 1. The van der Waals surface area contributed by atoms with E-state index in [0.717, 1.165) is 18.9 Å². The number of rotatable bonds is 4. The third-order valence-corrected chi connectivity index (χ3v) is 5.34. The predicted molar refractivity (Wildman–Crippen MR) is 79.2 cm³/mol. The molecule has 110 valence electrons. The number of halogens is 3. The first kappa shape index (κ1) is 15.9. The Labute approximate surface area is 132 Å². The van der Waals surface area contributed by atoms with Crippen molar-refractivity contribution in [1.29, 1.82) is 0 Å². The Morgan fingerprint density at radius 1 is 1.35 bits per heavy atom. The van der Waals surface area contributed by atoms with Gasteiger partial charge < -0.3 is 4.90 Å². The molecular formula is C12H12Cl3NO3S. The van der Waals surface area contributed by atoms with Gasteiger partial charge in [0.2, 0.25) is 0 Å². The monoisotopic (exact) mass is 355 g/mol. The zero-order chi connectivity index (χ0) is 15.1. The normalized spacial score (nSPS) is 15.2. The largest absolute Gasteiger partial charge is 0.341 e. The van der Waals surface area contributed by atoms with Gasteiger partial charge in [-0.15, -0.1) is 0 Å². The lowest BCUT2D eigenvalue weighted by Crippen LogP contribution is -2.28. The first-order valence-corrected chi connectivity index (χ1v) is 8.96. The number of hydrogen-bond donors (Lipinski definition) is 0. The standard InChI is InChI=1S/C12H12Cl3NO3S/c1-16(6-7-2-3-7)12(17)8-4-9(13)11(14)10(5-8)20(15,18)19/h4-5,7H,2-3,6H2,1H3. The molecule has 0 unspecified atom stereocenters. The molecule has 1 aromatic rings. The SMILES string of the molecule is CN(CC1CC1)C(=O)c1cc(Cl)c(Cl)c(S(=O)(=O)Cl)c1. The molecule has 0 spiro atoms. The molecule has 1 aromatic carbocycles. The molecule has 0 saturated heterocycles. The van der Waals surface area contributed by atoms with Crippen molar-refractivity contribution in [2.24, 2.45) is 5.92 Å². The highest BCUT2D eigenvalue weighted by atomic mass is 35.7. The topological polar surface area (TPSA) is 54.5 Å². The average Bonchev–Trinajstić information content (AvgIpc) is 3.13. The fraction of sp³-hybridized carbons (Fsp3) is 0.417. The molecule has 2 rings (SSSR count). The molecule has 0 bridgehead atoms. The lowest BCUT2D eigenvalue weighted by atomic mass is 10.2. The molecular weight excluding hydrogens is 345 g/mol. The summed E-state index contributed by atoms with van der Waals surface area (Å²) in [7, 11) is 2.89. The summed E-state index contributed by atoms with van der Waals surface area (Å²) in [6.07, 6.45) is 2.22. The van der Waals surface area contributed by atoms with Gasteiger partial charge in [-0.3, -0.25) is 4.79 Å². The average molecular weight is 357 g/mol. The van der Waals surface area contributed by atoms with Crippen LogP contribution in [0.5, 0.6) is 0 Å². The van der Waals surface area contributed by atoms with Crippen LogP contribution in [0.4, 0.5) is 0 Å². The summed E-state index contributed by atoms with van der Waals surface area (Å²) in [6, 6.07) is 2.50. The summed E-state index contributed by atoms with van der Waals surface area (Å²) in [5.74, 6) is 0.222. The van der Waals surface area contributed by atoms with Crippen LogP contribution in [-0.4, -0.2) is 32.8 Å². The Morgan fingerprint density at radius 2 is 1.95 bits per heavy atom. The maximum absolute atomic E-state index is 12.2. The van der Waals surface area contributed by atoms with Crippen molar-refractivity contribution < 1.29 is 13.2 Å². The lowest BCUT2D eigenvalue weighted by molar-refractivity contribution is 0.0788. The third kappa shape index (κ3) is 3.58. The van der Waals surface area contributed by atoms with E-state index in [2.05, 4.69) is 0 Å². The second kappa shape index (κ2) is 5.72. The van der Waals surface area contributed by atoms with Gasteiger partial charge in [-0.2, -0.15) is 0 Å². The van der Waals surface area contributed by atoms with Crippen LogP contribution in [0.1, 0.15) is 23.2 Å². The highest BCUT2D eigenvalue weighted by molar-refractivity contribution is 8.13. The van der Waals surface area contributed by atoms with Gasteiger partial charge in [0.25, 0.3) is 15.0 Å². The second-order valence-corrected chi connectivity index (χ2v) is 8.16. The summed E-state index contributed by atoms with van der Waals surface area (Å²) >= 11 is 11.7. The van der Waals surface area contributed by atoms with Crippen LogP contribution >= 0.6 is 33.9 Å². The van der Waals surface area contributed by atoms with Gasteiger partial charge in [0.15, 0.2) is 0 Å². The zero-order valence-corrected chi connectivity index (χ0v) is 13.7. The van der Waals surface area contributed by atoms with Crippen molar-refractivity contribution in [3.8, 4) is 0 Å². The Balaban J connectivity index is 2.36. The Bertz CT molecular complexity index is 656. The van der Waals surface area contributed by atoms with E-state index in [1.807, 2.05) is 0 Å². The van der Waals surface area contributed by atoms with Crippen LogP contribution in [0.2, 0.25) is 10.0 Å². The van der Waals surface area contributed by atoms with E-state index in [0.29, 0.717) is 12.5 Å². The number of benzene rings is 1. The maximum Gasteiger partial charge on any atom is 0.262 e. The van der Waals surface area contributed by atoms with E-state index in [-0.39, 0.29) is 26.4 Å². The molecule has 1 aliphatic rings. The van der Waals surface area contributed by atoms with E-state index < -0.39 is 9.05 Å². The molecule has 0 heterocycles. The first-order valence-electron chi connectivity index (χ1n) is 5.89. The fourth-order valence-corrected chi connectivity index (χ4v) is 3.62. The number of amides is 1. The molecule has 0 radical (unpaired) electrons. The van der Waals surface area contributed by atoms with E-state index in [1.165, 1.54) is 6.07 Å². The maximum atomic E-state index is 12.2. The Morgan fingerprint density at radius 3 is 2.45 bits per heavy atom.